The number of hydrogen-bond acceptors (Lipinski definition) is 6. The van der Waals surface area contributed by atoms with Gasteiger partial charge < -0.3 is 10.1 Å². The van der Waals surface area contributed by atoms with E-state index in [1.165, 1.54) is 11.3 Å². The predicted octanol–water partition coefficient (Wildman–Crippen LogP) is 1.08. The molecule has 0 radical (unpaired) electrons. The van der Waals surface area contributed by atoms with Crippen molar-refractivity contribution in [3.63, 3.8) is 0 Å². The fourth-order valence-corrected chi connectivity index (χ4v) is 2.87. The summed E-state index contributed by atoms with van der Waals surface area (Å²) in [5.74, 6) is 0. The lowest BCUT2D eigenvalue weighted by molar-refractivity contribution is -0.0672. The van der Waals surface area contributed by atoms with Crippen LogP contribution in [0, 0.1) is 6.92 Å². The van der Waals surface area contributed by atoms with Crippen LogP contribution in [0.5, 0.6) is 0 Å². The van der Waals surface area contributed by atoms with E-state index in [9.17, 15) is 4.79 Å². The van der Waals surface area contributed by atoms with Gasteiger partial charge in [-0.15, -0.1) is 10.2 Å². The standard InChI is InChI=1S/C12H21N5O2S/c1-8-6-17(7-9(2)19-8)5-4-13-11(18)14-12-16-15-10(3)20-12/h8-9H,4-7H2,1-3H3,(H2,13,14,16,18). The van der Waals surface area contributed by atoms with Crippen molar-refractivity contribution in [3.05, 3.63) is 5.01 Å². The van der Waals surface area contributed by atoms with E-state index in [-0.39, 0.29) is 18.2 Å². The van der Waals surface area contributed by atoms with Crippen molar-refractivity contribution in [1.82, 2.24) is 20.4 Å². The molecule has 1 saturated heterocycles. The smallest absolute Gasteiger partial charge is 0.321 e. The number of anilines is 1. The van der Waals surface area contributed by atoms with Crippen molar-refractivity contribution in [3.8, 4) is 0 Å². The molecular formula is C12H21N5O2S. The Morgan fingerprint density at radius 2 is 2.10 bits per heavy atom. The molecule has 8 heteroatoms. The maximum atomic E-state index is 11.7. The minimum absolute atomic E-state index is 0.240. The van der Waals surface area contributed by atoms with Gasteiger partial charge in [-0.05, 0) is 20.8 Å². The molecule has 1 aromatic heterocycles. The van der Waals surface area contributed by atoms with Crippen molar-refractivity contribution in [1.29, 1.82) is 0 Å². The molecule has 0 aliphatic carbocycles. The van der Waals surface area contributed by atoms with E-state index < -0.39 is 0 Å². The molecule has 2 unspecified atom stereocenters. The zero-order valence-corrected chi connectivity index (χ0v) is 12.9. The minimum atomic E-state index is -0.240. The Labute approximate surface area is 122 Å². The Hall–Kier alpha value is -1.25. The second kappa shape index (κ2) is 6.96. The highest BCUT2D eigenvalue weighted by Gasteiger charge is 2.21. The van der Waals surface area contributed by atoms with E-state index in [1.54, 1.807) is 0 Å². The van der Waals surface area contributed by atoms with Crippen LogP contribution in [-0.4, -0.2) is 59.5 Å². The summed E-state index contributed by atoms with van der Waals surface area (Å²) >= 11 is 1.36. The summed E-state index contributed by atoms with van der Waals surface area (Å²) in [6, 6.07) is -0.240. The number of amides is 2. The van der Waals surface area contributed by atoms with E-state index in [4.69, 9.17) is 4.74 Å². The lowest BCUT2D eigenvalue weighted by Gasteiger charge is -2.35. The van der Waals surface area contributed by atoms with Crippen molar-refractivity contribution >= 4 is 22.5 Å². The van der Waals surface area contributed by atoms with Gasteiger partial charge >= 0.3 is 6.03 Å². The van der Waals surface area contributed by atoms with Crippen molar-refractivity contribution < 1.29 is 9.53 Å². The third-order valence-electron chi connectivity index (χ3n) is 2.96. The number of ether oxygens (including phenoxy) is 1. The largest absolute Gasteiger partial charge is 0.373 e. The van der Waals surface area contributed by atoms with Gasteiger partial charge in [-0.3, -0.25) is 10.2 Å². The number of nitrogens with zero attached hydrogens (tertiary/aromatic N) is 3. The number of aryl methyl sites for hydroxylation is 1. The molecule has 0 saturated carbocycles. The Bertz CT molecular complexity index is 443. The van der Waals surface area contributed by atoms with Crippen LogP contribution in [0.4, 0.5) is 9.93 Å². The van der Waals surface area contributed by atoms with Gasteiger partial charge in [0.25, 0.3) is 0 Å². The summed E-state index contributed by atoms with van der Waals surface area (Å²) in [5, 5.41) is 14.5. The molecule has 2 heterocycles. The molecule has 2 atom stereocenters. The highest BCUT2D eigenvalue weighted by molar-refractivity contribution is 7.15. The molecule has 0 spiro atoms. The zero-order chi connectivity index (χ0) is 14.5. The molecule has 2 N–H and O–H groups in total. The third-order valence-corrected chi connectivity index (χ3v) is 3.71. The van der Waals surface area contributed by atoms with E-state index in [2.05, 4.69) is 39.6 Å². The van der Waals surface area contributed by atoms with Gasteiger partial charge in [-0.1, -0.05) is 11.3 Å². The number of morpholine rings is 1. The van der Waals surface area contributed by atoms with Crippen molar-refractivity contribution in [2.45, 2.75) is 33.0 Å². The molecule has 1 fully saturated rings. The number of carbonyl (C=O) groups excluding carboxylic acids is 1. The quantitative estimate of drug-likeness (QED) is 0.869. The fourth-order valence-electron chi connectivity index (χ4n) is 2.28. The minimum Gasteiger partial charge on any atom is -0.373 e. The van der Waals surface area contributed by atoms with E-state index >= 15 is 0 Å². The molecule has 0 bridgehead atoms. The molecule has 0 aromatic carbocycles. The van der Waals surface area contributed by atoms with Crippen LogP contribution >= 0.6 is 11.3 Å². The lowest BCUT2D eigenvalue weighted by atomic mass is 10.2. The molecule has 20 heavy (non-hydrogen) atoms. The van der Waals surface area contributed by atoms with Crippen molar-refractivity contribution in [2.75, 3.05) is 31.5 Å². The fraction of sp³-hybridized carbons (Fsp3) is 0.750. The molecular weight excluding hydrogens is 278 g/mol. The molecule has 112 valence electrons. The molecule has 2 amide bonds. The van der Waals surface area contributed by atoms with Gasteiger partial charge in [0.1, 0.15) is 5.01 Å². The van der Waals surface area contributed by atoms with Gasteiger partial charge in [0.2, 0.25) is 5.13 Å². The normalized spacial score (nSPS) is 23.6. The molecule has 7 nitrogen and oxygen atoms in total. The number of carbonyl (C=O) groups is 1. The first-order valence-electron chi connectivity index (χ1n) is 6.75. The van der Waals surface area contributed by atoms with Gasteiger partial charge in [-0.2, -0.15) is 0 Å². The Kier molecular flexibility index (Phi) is 5.27. The van der Waals surface area contributed by atoms with E-state index in [1.807, 2.05) is 6.92 Å². The summed E-state index contributed by atoms with van der Waals surface area (Å²) in [4.78, 5) is 14.0. The van der Waals surface area contributed by atoms with Gasteiger partial charge in [0.05, 0.1) is 12.2 Å². The maximum absolute atomic E-state index is 11.7. The third kappa shape index (κ3) is 4.69. The van der Waals surface area contributed by atoms with Gasteiger partial charge in [0, 0.05) is 26.2 Å². The highest BCUT2D eigenvalue weighted by atomic mass is 32.1. The van der Waals surface area contributed by atoms with Gasteiger partial charge in [0.15, 0.2) is 0 Å². The second-order valence-electron chi connectivity index (χ2n) is 5.02. The van der Waals surface area contributed by atoms with E-state index in [0.29, 0.717) is 11.7 Å². The van der Waals surface area contributed by atoms with E-state index in [0.717, 1.165) is 24.6 Å². The Morgan fingerprint density at radius 1 is 1.40 bits per heavy atom. The average Bonchev–Trinajstić information content (AvgIpc) is 2.73. The van der Waals surface area contributed by atoms with Crippen LogP contribution in [-0.2, 0) is 4.74 Å². The van der Waals surface area contributed by atoms with Crippen LogP contribution in [0.15, 0.2) is 0 Å². The molecule has 1 aliphatic heterocycles. The molecule has 1 aromatic rings. The number of hydrogen-bond donors (Lipinski definition) is 2. The first kappa shape index (κ1) is 15.1. The summed E-state index contributed by atoms with van der Waals surface area (Å²) in [6.07, 6.45) is 0.494. The number of rotatable bonds is 4. The van der Waals surface area contributed by atoms with Crippen molar-refractivity contribution in [2.24, 2.45) is 0 Å². The Balaban J connectivity index is 1.66. The Morgan fingerprint density at radius 3 is 2.70 bits per heavy atom. The average molecular weight is 299 g/mol. The predicted molar refractivity (Wildman–Crippen MR) is 78.1 cm³/mol. The zero-order valence-electron chi connectivity index (χ0n) is 12.0. The summed E-state index contributed by atoms with van der Waals surface area (Å²) < 4.78 is 5.67. The van der Waals surface area contributed by atoms with Crippen LogP contribution < -0.4 is 10.6 Å². The SMILES string of the molecule is Cc1nnc(NC(=O)NCCN2CC(C)OC(C)C2)s1. The van der Waals surface area contributed by atoms with Crippen LogP contribution in [0.2, 0.25) is 0 Å². The second-order valence-corrected chi connectivity index (χ2v) is 6.21. The number of urea groups is 1. The lowest BCUT2D eigenvalue weighted by Crippen LogP contribution is -2.48. The first-order chi connectivity index (χ1) is 9.52. The first-order valence-corrected chi connectivity index (χ1v) is 7.57. The van der Waals surface area contributed by atoms with Crippen LogP contribution in [0.25, 0.3) is 0 Å². The summed E-state index contributed by atoms with van der Waals surface area (Å²) in [6.45, 7) is 9.22. The van der Waals surface area contributed by atoms with Crippen LogP contribution in [0.1, 0.15) is 18.9 Å². The number of nitrogens with one attached hydrogen (secondary N) is 2. The molecule has 1 aliphatic rings. The summed E-state index contributed by atoms with van der Waals surface area (Å²) in [5.41, 5.74) is 0. The molecule has 2 rings (SSSR count). The number of aromatic nitrogens is 2. The topological polar surface area (TPSA) is 79.4 Å². The summed E-state index contributed by atoms with van der Waals surface area (Å²) in [7, 11) is 0. The monoisotopic (exact) mass is 299 g/mol. The van der Waals surface area contributed by atoms with Gasteiger partial charge in [-0.25, -0.2) is 4.79 Å². The van der Waals surface area contributed by atoms with Crippen LogP contribution in [0.3, 0.4) is 0 Å². The highest BCUT2D eigenvalue weighted by Crippen LogP contribution is 2.13. The maximum Gasteiger partial charge on any atom is 0.321 e.